The molecule has 2 aliphatic heterocycles. The number of hydrogen-bond donors (Lipinski definition) is 1. The van der Waals surface area contributed by atoms with Crippen molar-refractivity contribution in [2.24, 2.45) is 0 Å². The second kappa shape index (κ2) is 7.53. The summed E-state index contributed by atoms with van der Waals surface area (Å²) in [5.41, 5.74) is 2.02. The first-order chi connectivity index (χ1) is 11.6. The number of nitrogens with zero attached hydrogens (tertiary/aromatic N) is 3. The van der Waals surface area contributed by atoms with Crippen LogP contribution >= 0.6 is 0 Å². The van der Waals surface area contributed by atoms with Crippen molar-refractivity contribution in [3.63, 3.8) is 0 Å². The lowest BCUT2D eigenvalue weighted by atomic mass is 10.1. The average molecular weight is 330 g/mol. The van der Waals surface area contributed by atoms with Crippen LogP contribution in [0.1, 0.15) is 31.1 Å². The fourth-order valence-electron chi connectivity index (χ4n) is 3.62. The van der Waals surface area contributed by atoms with Crippen molar-refractivity contribution < 1.29 is 4.79 Å². The Balaban J connectivity index is 1.62. The van der Waals surface area contributed by atoms with Gasteiger partial charge in [-0.1, -0.05) is 0 Å². The Morgan fingerprint density at radius 1 is 1.08 bits per heavy atom. The third-order valence-corrected chi connectivity index (χ3v) is 5.29. The SMILES string of the molecule is CC(C)N1CCN(c2ccc(C(=O)N3CCNC[C@@H]3C)cc2)CC1. The topological polar surface area (TPSA) is 38.8 Å². The normalized spacial score (nSPS) is 22.9. The summed E-state index contributed by atoms with van der Waals surface area (Å²) in [4.78, 5) is 19.6. The summed E-state index contributed by atoms with van der Waals surface area (Å²) >= 11 is 0. The Morgan fingerprint density at radius 2 is 1.75 bits per heavy atom. The standard InChI is InChI=1S/C19H30N4O/c1-15(2)21-10-12-22(13-11-21)18-6-4-17(5-7-18)19(24)23-9-8-20-14-16(23)3/h4-7,15-16,20H,8-14H2,1-3H3/t16-/m0/s1. The molecule has 132 valence electrons. The molecule has 0 aromatic heterocycles. The summed E-state index contributed by atoms with van der Waals surface area (Å²) in [6, 6.07) is 9.06. The molecule has 5 nitrogen and oxygen atoms in total. The number of hydrogen-bond acceptors (Lipinski definition) is 4. The minimum atomic E-state index is 0.153. The monoisotopic (exact) mass is 330 g/mol. The molecule has 0 radical (unpaired) electrons. The van der Waals surface area contributed by atoms with Crippen molar-refractivity contribution >= 4 is 11.6 Å². The predicted molar refractivity (Wildman–Crippen MR) is 98.7 cm³/mol. The van der Waals surface area contributed by atoms with E-state index in [1.165, 1.54) is 5.69 Å². The van der Waals surface area contributed by atoms with Crippen LogP contribution in [0.4, 0.5) is 5.69 Å². The maximum atomic E-state index is 12.7. The highest BCUT2D eigenvalue weighted by molar-refractivity contribution is 5.94. The van der Waals surface area contributed by atoms with Crippen molar-refractivity contribution in [3.8, 4) is 0 Å². The molecule has 1 aromatic carbocycles. The Kier molecular flexibility index (Phi) is 5.41. The lowest BCUT2D eigenvalue weighted by Crippen LogP contribution is -2.52. The molecule has 2 fully saturated rings. The summed E-state index contributed by atoms with van der Waals surface area (Å²) in [5.74, 6) is 0.153. The van der Waals surface area contributed by atoms with Crippen LogP contribution in [0.25, 0.3) is 0 Å². The van der Waals surface area contributed by atoms with Gasteiger partial charge in [-0.2, -0.15) is 0 Å². The number of amides is 1. The Bertz CT molecular complexity index is 549. The van der Waals surface area contributed by atoms with Gasteiger partial charge in [-0.05, 0) is 45.0 Å². The molecular formula is C19H30N4O. The van der Waals surface area contributed by atoms with Crippen molar-refractivity contribution in [1.29, 1.82) is 0 Å². The molecule has 0 saturated carbocycles. The van der Waals surface area contributed by atoms with Crippen molar-refractivity contribution in [1.82, 2.24) is 15.1 Å². The second-order valence-electron chi connectivity index (χ2n) is 7.22. The zero-order valence-electron chi connectivity index (χ0n) is 15.2. The summed E-state index contributed by atoms with van der Waals surface area (Å²) < 4.78 is 0. The van der Waals surface area contributed by atoms with E-state index in [-0.39, 0.29) is 11.9 Å². The Hall–Kier alpha value is -1.59. The summed E-state index contributed by atoms with van der Waals surface area (Å²) in [6.45, 7) is 13.5. The molecule has 0 aliphatic carbocycles. The van der Waals surface area contributed by atoms with Gasteiger partial charge in [0.05, 0.1) is 0 Å². The minimum Gasteiger partial charge on any atom is -0.369 e. The highest BCUT2D eigenvalue weighted by atomic mass is 16.2. The average Bonchev–Trinajstić information content (AvgIpc) is 2.62. The maximum Gasteiger partial charge on any atom is 0.254 e. The Labute approximate surface area is 145 Å². The van der Waals surface area contributed by atoms with Crippen molar-refractivity contribution in [3.05, 3.63) is 29.8 Å². The third-order valence-electron chi connectivity index (χ3n) is 5.29. The zero-order valence-corrected chi connectivity index (χ0v) is 15.2. The van der Waals surface area contributed by atoms with Crippen molar-refractivity contribution in [2.75, 3.05) is 50.7 Å². The zero-order chi connectivity index (χ0) is 17.1. The van der Waals surface area contributed by atoms with Gasteiger partial charge in [0.15, 0.2) is 0 Å². The maximum absolute atomic E-state index is 12.7. The first kappa shape index (κ1) is 17.2. The number of benzene rings is 1. The molecule has 1 amide bonds. The number of rotatable bonds is 3. The fraction of sp³-hybridized carbons (Fsp3) is 0.632. The largest absolute Gasteiger partial charge is 0.369 e. The van der Waals surface area contributed by atoms with E-state index in [0.717, 1.165) is 51.4 Å². The first-order valence-electron chi connectivity index (χ1n) is 9.17. The molecule has 0 unspecified atom stereocenters. The van der Waals surface area contributed by atoms with E-state index >= 15 is 0 Å². The van der Waals surface area contributed by atoms with Gasteiger partial charge in [-0.3, -0.25) is 9.69 Å². The summed E-state index contributed by atoms with van der Waals surface area (Å²) in [5, 5.41) is 3.33. The van der Waals surface area contributed by atoms with Gasteiger partial charge < -0.3 is 15.1 Å². The molecule has 2 saturated heterocycles. The van der Waals surface area contributed by atoms with E-state index in [1.54, 1.807) is 0 Å². The summed E-state index contributed by atoms with van der Waals surface area (Å²) in [6.07, 6.45) is 0. The predicted octanol–water partition coefficient (Wildman–Crippen LogP) is 1.65. The van der Waals surface area contributed by atoms with Gasteiger partial charge in [-0.15, -0.1) is 0 Å². The smallest absolute Gasteiger partial charge is 0.254 e. The number of anilines is 1. The molecule has 3 rings (SSSR count). The molecule has 1 atom stereocenters. The first-order valence-corrected chi connectivity index (χ1v) is 9.17. The highest BCUT2D eigenvalue weighted by Crippen LogP contribution is 2.19. The molecule has 0 spiro atoms. The molecule has 2 aliphatic rings. The van der Waals surface area contributed by atoms with Crippen LogP contribution in [-0.2, 0) is 0 Å². The van der Waals surface area contributed by atoms with Gasteiger partial charge in [0, 0.05) is 69.1 Å². The lowest BCUT2D eigenvalue weighted by Gasteiger charge is -2.38. The minimum absolute atomic E-state index is 0.153. The van der Waals surface area contributed by atoms with Gasteiger partial charge in [-0.25, -0.2) is 0 Å². The molecule has 2 heterocycles. The van der Waals surface area contributed by atoms with Crippen molar-refractivity contribution in [2.45, 2.75) is 32.9 Å². The highest BCUT2D eigenvalue weighted by Gasteiger charge is 2.24. The number of carbonyl (C=O) groups is 1. The summed E-state index contributed by atoms with van der Waals surface area (Å²) in [7, 11) is 0. The quantitative estimate of drug-likeness (QED) is 0.915. The molecule has 1 N–H and O–H groups in total. The van der Waals surface area contributed by atoms with Crippen LogP contribution in [0.5, 0.6) is 0 Å². The van der Waals surface area contributed by atoms with Gasteiger partial charge in [0.1, 0.15) is 0 Å². The van der Waals surface area contributed by atoms with E-state index in [0.29, 0.717) is 6.04 Å². The van der Waals surface area contributed by atoms with Crippen LogP contribution in [0.2, 0.25) is 0 Å². The molecule has 24 heavy (non-hydrogen) atoms. The molecule has 5 heteroatoms. The van der Waals surface area contributed by atoms with E-state index in [9.17, 15) is 4.79 Å². The van der Waals surface area contributed by atoms with Crippen LogP contribution in [0.15, 0.2) is 24.3 Å². The fourth-order valence-corrected chi connectivity index (χ4v) is 3.62. The Morgan fingerprint density at radius 3 is 2.33 bits per heavy atom. The van der Waals surface area contributed by atoms with Crippen LogP contribution in [0, 0.1) is 0 Å². The molecular weight excluding hydrogens is 300 g/mol. The third kappa shape index (κ3) is 3.73. The lowest BCUT2D eigenvalue weighted by molar-refractivity contribution is 0.0656. The van der Waals surface area contributed by atoms with E-state index in [1.807, 2.05) is 17.0 Å². The number of nitrogens with one attached hydrogen (secondary N) is 1. The van der Waals surface area contributed by atoms with Gasteiger partial charge in [0.25, 0.3) is 5.91 Å². The second-order valence-corrected chi connectivity index (χ2v) is 7.22. The molecule has 0 bridgehead atoms. The van der Waals surface area contributed by atoms with Crippen LogP contribution in [0.3, 0.4) is 0 Å². The van der Waals surface area contributed by atoms with E-state index in [4.69, 9.17) is 0 Å². The number of carbonyl (C=O) groups excluding carboxylic acids is 1. The van der Waals surface area contributed by atoms with Crippen LogP contribution < -0.4 is 10.2 Å². The van der Waals surface area contributed by atoms with Gasteiger partial charge >= 0.3 is 0 Å². The van der Waals surface area contributed by atoms with Gasteiger partial charge in [0.2, 0.25) is 0 Å². The van der Waals surface area contributed by atoms with Crippen LogP contribution in [-0.4, -0.2) is 73.6 Å². The number of piperazine rings is 2. The molecule has 1 aromatic rings. The van der Waals surface area contributed by atoms with E-state index < -0.39 is 0 Å². The van der Waals surface area contributed by atoms with E-state index in [2.05, 4.69) is 48.0 Å².